The summed E-state index contributed by atoms with van der Waals surface area (Å²) < 4.78 is 40.1. The summed E-state index contributed by atoms with van der Waals surface area (Å²) in [6, 6.07) is 0. The molecule has 0 bridgehead atoms. The molecule has 0 spiro atoms. The van der Waals surface area contributed by atoms with Gasteiger partial charge in [0.2, 0.25) is 0 Å². The Bertz CT molecular complexity index is 413. The number of allylic oxidation sites excluding steroid dienone is 8. The second kappa shape index (κ2) is 18.8. The second-order valence-corrected chi connectivity index (χ2v) is 5.66. The molecule has 0 saturated carbocycles. The van der Waals surface area contributed by atoms with Crippen molar-refractivity contribution >= 4 is 0 Å². The predicted molar refractivity (Wildman–Crippen MR) is 105 cm³/mol. The van der Waals surface area contributed by atoms with Crippen LogP contribution in [0.15, 0.2) is 60.8 Å². The molecule has 146 valence electrons. The third-order valence-corrected chi connectivity index (χ3v) is 2.52. The largest absolute Gasteiger partial charge is 0.392 e. The van der Waals surface area contributed by atoms with E-state index in [1.165, 1.54) is 25.2 Å². The van der Waals surface area contributed by atoms with Gasteiger partial charge < -0.3 is 4.74 Å². The fraction of sp³-hybridized carbons (Fsp3) is 0.524. The quantitative estimate of drug-likeness (QED) is 0.353. The van der Waals surface area contributed by atoms with Gasteiger partial charge in [-0.1, -0.05) is 74.6 Å². The zero-order valence-corrected chi connectivity index (χ0v) is 16.7. The van der Waals surface area contributed by atoms with Crippen LogP contribution in [-0.2, 0) is 4.74 Å². The lowest BCUT2D eigenvalue weighted by Gasteiger charge is -2.04. The zero-order chi connectivity index (χ0) is 20.3. The molecule has 4 heteroatoms. The van der Waals surface area contributed by atoms with Gasteiger partial charge in [-0.25, -0.2) is 0 Å². The molecule has 0 N–H and O–H groups in total. The number of alkyl halides is 3. The minimum Gasteiger partial charge on any atom is -0.378 e. The SMILES string of the molecule is C/C=C/C(C)C.C/C=C\C(C)OC.C=C/C=C\C=C(/C)CC(F)(F)F. The van der Waals surface area contributed by atoms with Crippen molar-refractivity contribution in [2.45, 2.75) is 60.2 Å². The van der Waals surface area contributed by atoms with E-state index in [9.17, 15) is 13.2 Å². The maximum atomic E-state index is 11.7. The van der Waals surface area contributed by atoms with Crippen molar-refractivity contribution in [3.05, 3.63) is 60.8 Å². The highest BCUT2D eigenvalue weighted by atomic mass is 19.4. The maximum absolute atomic E-state index is 11.7. The first-order valence-electron chi connectivity index (χ1n) is 8.34. The number of methoxy groups -OCH3 is 1. The molecule has 0 amide bonds. The minimum absolute atomic E-state index is 0.269. The number of hydrogen-bond acceptors (Lipinski definition) is 1. The van der Waals surface area contributed by atoms with Crippen LogP contribution in [0.2, 0.25) is 0 Å². The van der Waals surface area contributed by atoms with E-state index < -0.39 is 12.6 Å². The Morgan fingerprint density at radius 2 is 1.56 bits per heavy atom. The Hall–Kier alpha value is -1.55. The van der Waals surface area contributed by atoms with Crippen molar-refractivity contribution in [2.24, 2.45) is 5.92 Å². The number of rotatable bonds is 6. The number of halogens is 3. The van der Waals surface area contributed by atoms with E-state index in [0.717, 1.165) is 5.92 Å². The molecule has 0 aliphatic carbocycles. The normalized spacial score (nSPS) is 13.6. The van der Waals surface area contributed by atoms with Crippen LogP contribution in [0.1, 0.15) is 48.0 Å². The van der Waals surface area contributed by atoms with Crippen LogP contribution in [0.3, 0.4) is 0 Å². The zero-order valence-electron chi connectivity index (χ0n) is 16.7. The van der Waals surface area contributed by atoms with Crippen molar-refractivity contribution in [2.75, 3.05) is 7.11 Å². The summed E-state index contributed by atoms with van der Waals surface area (Å²) >= 11 is 0. The fourth-order valence-corrected chi connectivity index (χ4v) is 1.41. The van der Waals surface area contributed by atoms with Crippen molar-refractivity contribution in [3.8, 4) is 0 Å². The molecule has 0 fully saturated rings. The van der Waals surface area contributed by atoms with E-state index in [4.69, 9.17) is 4.74 Å². The Kier molecular flexibility index (Phi) is 21.2. The maximum Gasteiger partial charge on any atom is 0.392 e. The first-order valence-corrected chi connectivity index (χ1v) is 8.34. The monoisotopic (exact) mass is 360 g/mol. The van der Waals surface area contributed by atoms with Gasteiger partial charge in [0, 0.05) is 7.11 Å². The summed E-state index contributed by atoms with van der Waals surface area (Å²) in [5.41, 5.74) is 0.292. The summed E-state index contributed by atoms with van der Waals surface area (Å²) in [4.78, 5) is 0. The van der Waals surface area contributed by atoms with Gasteiger partial charge in [-0.15, -0.1) is 0 Å². The average molecular weight is 361 g/mol. The lowest BCUT2D eigenvalue weighted by atomic mass is 10.2. The fourth-order valence-electron chi connectivity index (χ4n) is 1.41. The summed E-state index contributed by atoms with van der Waals surface area (Å²) in [6.45, 7) is 15.2. The van der Waals surface area contributed by atoms with Crippen LogP contribution in [0, 0.1) is 5.92 Å². The molecule has 25 heavy (non-hydrogen) atoms. The molecular weight excluding hydrogens is 325 g/mol. The molecule has 0 aliphatic rings. The van der Waals surface area contributed by atoms with Gasteiger partial charge >= 0.3 is 6.18 Å². The Morgan fingerprint density at radius 1 is 1.04 bits per heavy atom. The highest BCUT2D eigenvalue weighted by Gasteiger charge is 2.26. The molecular formula is C21H35F3O. The molecule has 0 saturated heterocycles. The van der Waals surface area contributed by atoms with Crippen molar-refractivity contribution in [3.63, 3.8) is 0 Å². The Morgan fingerprint density at radius 3 is 1.80 bits per heavy atom. The smallest absolute Gasteiger partial charge is 0.378 e. The van der Waals surface area contributed by atoms with Crippen LogP contribution in [0.4, 0.5) is 13.2 Å². The van der Waals surface area contributed by atoms with Gasteiger partial charge in [-0.05, 0) is 33.6 Å². The average Bonchev–Trinajstić information content (AvgIpc) is 2.47. The summed E-state index contributed by atoms with van der Waals surface area (Å²) in [6.07, 6.45) is 9.58. The van der Waals surface area contributed by atoms with Crippen molar-refractivity contribution < 1.29 is 17.9 Å². The molecule has 0 aliphatic heterocycles. The van der Waals surface area contributed by atoms with E-state index in [-0.39, 0.29) is 6.10 Å². The third-order valence-electron chi connectivity index (χ3n) is 2.52. The first-order chi connectivity index (χ1) is 11.5. The van der Waals surface area contributed by atoms with Crippen LogP contribution in [-0.4, -0.2) is 19.4 Å². The first kappa shape index (κ1) is 28.3. The molecule has 0 rings (SSSR count). The van der Waals surface area contributed by atoms with E-state index in [1.807, 2.05) is 32.9 Å². The van der Waals surface area contributed by atoms with Crippen molar-refractivity contribution in [1.82, 2.24) is 0 Å². The summed E-state index contributed by atoms with van der Waals surface area (Å²) in [7, 11) is 1.70. The molecule has 0 radical (unpaired) electrons. The molecule has 1 atom stereocenters. The van der Waals surface area contributed by atoms with Gasteiger partial charge in [0.05, 0.1) is 12.5 Å². The van der Waals surface area contributed by atoms with Crippen LogP contribution >= 0.6 is 0 Å². The van der Waals surface area contributed by atoms with Crippen LogP contribution in [0.25, 0.3) is 0 Å². The Balaban J connectivity index is -0.000000317. The van der Waals surface area contributed by atoms with E-state index in [0.29, 0.717) is 5.57 Å². The van der Waals surface area contributed by atoms with Gasteiger partial charge in [-0.2, -0.15) is 13.2 Å². The number of ether oxygens (including phenoxy) is 1. The third kappa shape index (κ3) is 34.7. The van der Waals surface area contributed by atoms with Gasteiger partial charge in [0.1, 0.15) is 0 Å². The van der Waals surface area contributed by atoms with E-state index in [1.54, 1.807) is 13.2 Å². The molecule has 0 heterocycles. The standard InChI is InChI=1S/C9H11F3.C6H12O.C6H12/c1-3-4-5-6-8(2)7-9(10,11)12;1-4-5-6(2)7-3;1-4-5-6(2)3/h3-6H,1,7H2,2H3;4-6H,1-3H3;4-6H,1-3H3/b5-4-,8-6+;5-4-;5-4+. The highest BCUT2D eigenvalue weighted by Crippen LogP contribution is 2.23. The van der Waals surface area contributed by atoms with Crippen LogP contribution in [0.5, 0.6) is 0 Å². The molecule has 0 aromatic carbocycles. The second-order valence-electron chi connectivity index (χ2n) is 5.66. The predicted octanol–water partition coefficient (Wildman–Crippen LogP) is 7.44. The van der Waals surface area contributed by atoms with Gasteiger partial charge in [-0.3, -0.25) is 0 Å². The molecule has 1 unspecified atom stereocenters. The van der Waals surface area contributed by atoms with Crippen LogP contribution < -0.4 is 0 Å². The molecule has 0 aromatic rings. The molecule has 0 aromatic heterocycles. The van der Waals surface area contributed by atoms with Crippen molar-refractivity contribution in [1.29, 1.82) is 0 Å². The van der Waals surface area contributed by atoms with Gasteiger partial charge in [0.15, 0.2) is 0 Å². The van der Waals surface area contributed by atoms with Gasteiger partial charge in [0.25, 0.3) is 0 Å². The topological polar surface area (TPSA) is 9.23 Å². The summed E-state index contributed by atoms with van der Waals surface area (Å²) in [5, 5.41) is 0. The minimum atomic E-state index is -4.11. The lowest BCUT2D eigenvalue weighted by Crippen LogP contribution is -2.06. The lowest BCUT2D eigenvalue weighted by molar-refractivity contribution is -0.127. The molecule has 1 nitrogen and oxygen atoms in total. The van der Waals surface area contributed by atoms with E-state index >= 15 is 0 Å². The van der Waals surface area contributed by atoms with E-state index in [2.05, 4.69) is 32.6 Å². The highest BCUT2D eigenvalue weighted by molar-refractivity contribution is 5.14. The number of hydrogen-bond donors (Lipinski definition) is 0. The summed E-state index contributed by atoms with van der Waals surface area (Å²) in [5.74, 6) is 0.718. The Labute approximate surface area is 152 Å².